The largest absolute Gasteiger partial charge is 0.496 e. The Bertz CT molecular complexity index is 918. The molecule has 176 valence electrons. The molecule has 0 spiro atoms. The van der Waals surface area contributed by atoms with E-state index in [1.807, 2.05) is 21.1 Å². The summed E-state index contributed by atoms with van der Waals surface area (Å²) >= 11 is 1.17. The molecule has 0 aliphatic heterocycles. The van der Waals surface area contributed by atoms with E-state index in [4.69, 9.17) is 14.2 Å². The molecule has 0 aliphatic rings. The Hall–Kier alpha value is -2.89. The molecule has 0 radical (unpaired) electrons. The number of aromatic nitrogens is 1. The first-order valence-electron chi connectivity index (χ1n) is 9.97. The smallest absolute Gasteiger partial charge is 0.270 e. The average Bonchev–Trinajstić information content (AvgIpc) is 3.25. The number of likely N-dealkylation sites (N-methyl/N-ethyl adjacent to an activating group) is 2. The zero-order valence-corrected chi connectivity index (χ0v) is 20.2. The van der Waals surface area contributed by atoms with E-state index in [0.29, 0.717) is 28.9 Å². The summed E-state index contributed by atoms with van der Waals surface area (Å²) in [7, 11) is 10.5. The number of benzene rings is 1. The Kier molecular flexibility index (Phi) is 9.69. The highest BCUT2D eigenvalue weighted by Gasteiger charge is 2.19. The maximum absolute atomic E-state index is 12.8. The summed E-state index contributed by atoms with van der Waals surface area (Å²) in [6.07, 6.45) is 0. The molecule has 0 fully saturated rings. The third kappa shape index (κ3) is 7.08. The van der Waals surface area contributed by atoms with Gasteiger partial charge in [0, 0.05) is 43.7 Å². The van der Waals surface area contributed by atoms with Gasteiger partial charge < -0.3 is 29.3 Å². The first kappa shape index (κ1) is 25.4. The minimum Gasteiger partial charge on any atom is -0.496 e. The van der Waals surface area contributed by atoms with Gasteiger partial charge in [-0.2, -0.15) is 0 Å². The van der Waals surface area contributed by atoms with Crippen molar-refractivity contribution in [2.75, 3.05) is 74.0 Å². The molecule has 0 bridgehead atoms. The van der Waals surface area contributed by atoms with Crippen LogP contribution in [0.3, 0.4) is 0 Å². The van der Waals surface area contributed by atoms with Crippen LogP contribution in [0.4, 0.5) is 5.13 Å². The first-order chi connectivity index (χ1) is 15.3. The zero-order valence-electron chi connectivity index (χ0n) is 19.4. The molecule has 0 aliphatic carbocycles. The topological polar surface area (TPSA) is 105 Å². The van der Waals surface area contributed by atoms with Gasteiger partial charge in [-0.3, -0.25) is 14.9 Å². The normalized spacial score (nSPS) is 10.9. The van der Waals surface area contributed by atoms with Crippen molar-refractivity contribution in [1.29, 1.82) is 0 Å². The molecule has 0 saturated carbocycles. The van der Waals surface area contributed by atoms with E-state index in [-0.39, 0.29) is 17.2 Å². The van der Waals surface area contributed by atoms with Gasteiger partial charge in [0.05, 0.1) is 26.9 Å². The molecule has 1 aromatic heterocycles. The number of nitrogens with zero attached hydrogens (tertiary/aromatic N) is 3. The van der Waals surface area contributed by atoms with Gasteiger partial charge in [0.25, 0.3) is 11.8 Å². The lowest BCUT2D eigenvalue weighted by Crippen LogP contribution is -2.36. The number of thiazole rings is 1. The van der Waals surface area contributed by atoms with Crippen molar-refractivity contribution in [1.82, 2.24) is 20.1 Å². The number of amides is 2. The molecule has 2 amide bonds. The van der Waals surface area contributed by atoms with E-state index in [9.17, 15) is 9.59 Å². The molecule has 1 heterocycles. The monoisotopic (exact) mass is 465 g/mol. The van der Waals surface area contributed by atoms with Crippen molar-refractivity contribution >= 4 is 28.3 Å². The Balaban J connectivity index is 1.96. The third-order valence-electron chi connectivity index (χ3n) is 4.62. The van der Waals surface area contributed by atoms with Crippen LogP contribution in [0.1, 0.15) is 20.8 Å². The van der Waals surface area contributed by atoms with Gasteiger partial charge in [-0.05, 0) is 21.1 Å². The van der Waals surface area contributed by atoms with Gasteiger partial charge in [-0.25, -0.2) is 4.98 Å². The number of ether oxygens (including phenoxy) is 3. The highest BCUT2D eigenvalue weighted by molar-refractivity contribution is 7.14. The Morgan fingerprint density at radius 1 is 0.938 bits per heavy atom. The predicted octanol–water partition coefficient (Wildman–Crippen LogP) is 1.64. The van der Waals surface area contributed by atoms with Crippen LogP contribution in [0.25, 0.3) is 0 Å². The standard InChI is InChI=1S/C21H31N5O5S/c1-25(2)9-10-26(3)8-7-22-20(28)15-13-32-21(23-15)24-19(27)14-11-17(30-5)18(31-6)12-16(14)29-4/h11-13H,7-10H2,1-6H3,(H,22,28)(H,23,24,27). The number of methoxy groups -OCH3 is 3. The molecule has 0 unspecified atom stereocenters. The van der Waals surface area contributed by atoms with Crippen molar-refractivity contribution in [3.8, 4) is 17.2 Å². The number of nitrogens with one attached hydrogen (secondary N) is 2. The van der Waals surface area contributed by atoms with Crippen LogP contribution < -0.4 is 24.8 Å². The lowest BCUT2D eigenvalue weighted by atomic mass is 10.1. The Morgan fingerprint density at radius 3 is 2.22 bits per heavy atom. The number of hydrogen-bond acceptors (Lipinski definition) is 9. The summed E-state index contributed by atoms with van der Waals surface area (Å²) in [6.45, 7) is 3.09. The summed E-state index contributed by atoms with van der Waals surface area (Å²) in [4.78, 5) is 33.6. The summed E-state index contributed by atoms with van der Waals surface area (Å²) in [5, 5.41) is 7.46. The van der Waals surface area contributed by atoms with Crippen LogP contribution >= 0.6 is 11.3 Å². The fourth-order valence-corrected chi connectivity index (χ4v) is 3.43. The number of carbonyl (C=O) groups excluding carboxylic acids is 2. The van der Waals surface area contributed by atoms with Gasteiger partial charge in [0.15, 0.2) is 16.6 Å². The molecule has 2 aromatic rings. The van der Waals surface area contributed by atoms with Crippen LogP contribution in [0.15, 0.2) is 17.5 Å². The molecule has 32 heavy (non-hydrogen) atoms. The number of anilines is 1. The fourth-order valence-electron chi connectivity index (χ4n) is 2.74. The molecule has 10 nitrogen and oxygen atoms in total. The van der Waals surface area contributed by atoms with Crippen LogP contribution in [0, 0.1) is 0 Å². The van der Waals surface area contributed by atoms with E-state index in [1.165, 1.54) is 38.7 Å². The third-order valence-corrected chi connectivity index (χ3v) is 5.37. The first-order valence-corrected chi connectivity index (χ1v) is 10.8. The second kappa shape index (κ2) is 12.2. The number of hydrogen-bond donors (Lipinski definition) is 2. The van der Waals surface area contributed by atoms with Crippen LogP contribution in [0.2, 0.25) is 0 Å². The maximum Gasteiger partial charge on any atom is 0.270 e. The molecule has 0 saturated heterocycles. The molecule has 2 rings (SSSR count). The zero-order chi connectivity index (χ0) is 23.7. The molecular weight excluding hydrogens is 434 g/mol. The van der Waals surface area contributed by atoms with Gasteiger partial charge in [-0.1, -0.05) is 0 Å². The summed E-state index contributed by atoms with van der Waals surface area (Å²) in [5.74, 6) is 0.445. The lowest BCUT2D eigenvalue weighted by Gasteiger charge is -2.19. The van der Waals surface area contributed by atoms with Crippen molar-refractivity contribution in [2.24, 2.45) is 0 Å². The molecular formula is C21H31N5O5S. The van der Waals surface area contributed by atoms with Gasteiger partial charge in [0.1, 0.15) is 11.4 Å². The molecule has 2 N–H and O–H groups in total. The van der Waals surface area contributed by atoms with E-state index >= 15 is 0 Å². The fraction of sp³-hybridized carbons (Fsp3) is 0.476. The van der Waals surface area contributed by atoms with Crippen LogP contribution in [-0.2, 0) is 0 Å². The van der Waals surface area contributed by atoms with E-state index < -0.39 is 5.91 Å². The lowest BCUT2D eigenvalue weighted by molar-refractivity contribution is 0.0943. The van der Waals surface area contributed by atoms with E-state index in [2.05, 4.69) is 25.4 Å². The van der Waals surface area contributed by atoms with E-state index in [1.54, 1.807) is 11.4 Å². The SMILES string of the molecule is COc1cc(OC)c(C(=O)Nc2nc(C(=O)NCCN(C)CCN(C)C)cs2)cc1OC. The quantitative estimate of drug-likeness (QED) is 0.488. The molecule has 1 aromatic carbocycles. The van der Waals surface area contributed by atoms with Crippen LogP contribution in [-0.4, -0.2) is 95.2 Å². The summed E-state index contributed by atoms with van der Waals surface area (Å²) in [5.41, 5.74) is 0.507. The summed E-state index contributed by atoms with van der Waals surface area (Å²) in [6, 6.07) is 3.10. The van der Waals surface area contributed by atoms with Crippen molar-refractivity contribution in [3.05, 3.63) is 28.8 Å². The second-order valence-corrected chi connectivity index (χ2v) is 8.12. The van der Waals surface area contributed by atoms with Gasteiger partial charge in [0.2, 0.25) is 0 Å². The Morgan fingerprint density at radius 2 is 1.59 bits per heavy atom. The minimum atomic E-state index is -0.438. The van der Waals surface area contributed by atoms with Gasteiger partial charge in [-0.15, -0.1) is 11.3 Å². The van der Waals surface area contributed by atoms with Gasteiger partial charge >= 0.3 is 0 Å². The minimum absolute atomic E-state index is 0.250. The number of carbonyl (C=O) groups is 2. The van der Waals surface area contributed by atoms with Crippen molar-refractivity contribution in [2.45, 2.75) is 0 Å². The molecule has 11 heteroatoms. The number of rotatable bonds is 12. The predicted molar refractivity (Wildman–Crippen MR) is 125 cm³/mol. The second-order valence-electron chi connectivity index (χ2n) is 7.26. The maximum atomic E-state index is 12.8. The van der Waals surface area contributed by atoms with E-state index in [0.717, 1.165) is 19.6 Å². The van der Waals surface area contributed by atoms with Crippen LogP contribution in [0.5, 0.6) is 17.2 Å². The summed E-state index contributed by atoms with van der Waals surface area (Å²) < 4.78 is 15.8. The molecule has 0 atom stereocenters. The van der Waals surface area contributed by atoms with Crippen molar-refractivity contribution < 1.29 is 23.8 Å². The highest BCUT2D eigenvalue weighted by Crippen LogP contribution is 2.35. The highest BCUT2D eigenvalue weighted by atomic mass is 32.1. The average molecular weight is 466 g/mol. The Labute approximate surface area is 192 Å². The van der Waals surface area contributed by atoms with Crippen molar-refractivity contribution in [3.63, 3.8) is 0 Å².